The van der Waals surface area contributed by atoms with Crippen molar-refractivity contribution < 1.29 is 9.47 Å². The van der Waals surface area contributed by atoms with E-state index in [2.05, 4.69) is 15.3 Å². The third-order valence-corrected chi connectivity index (χ3v) is 2.50. The number of ether oxygens (including phenoxy) is 2. The van der Waals surface area contributed by atoms with E-state index in [1.54, 1.807) is 20.1 Å². The van der Waals surface area contributed by atoms with Crippen LogP contribution in [0.3, 0.4) is 0 Å². The molecule has 5 heteroatoms. The minimum Gasteiger partial charge on any atom is -0.481 e. The number of methoxy groups -OCH3 is 1. The summed E-state index contributed by atoms with van der Waals surface area (Å²) in [5, 5.41) is 3.10. The zero-order valence-corrected chi connectivity index (χ0v) is 11.3. The monoisotopic (exact) mass is 259 g/mol. The van der Waals surface area contributed by atoms with Crippen LogP contribution in [0, 0.1) is 6.92 Å². The van der Waals surface area contributed by atoms with Crippen LogP contribution in [0.5, 0.6) is 17.5 Å². The van der Waals surface area contributed by atoms with E-state index in [0.717, 1.165) is 17.9 Å². The van der Waals surface area contributed by atoms with Crippen molar-refractivity contribution in [2.75, 3.05) is 14.2 Å². The predicted octanol–water partition coefficient (Wildman–Crippen LogP) is 2.31. The summed E-state index contributed by atoms with van der Waals surface area (Å²) in [6, 6.07) is 9.52. The zero-order chi connectivity index (χ0) is 13.7. The fraction of sp³-hybridized carbons (Fsp3) is 0.286. The summed E-state index contributed by atoms with van der Waals surface area (Å²) >= 11 is 0. The fourth-order valence-electron chi connectivity index (χ4n) is 1.71. The lowest BCUT2D eigenvalue weighted by Crippen LogP contribution is -2.04. The Morgan fingerprint density at radius 1 is 1.16 bits per heavy atom. The molecule has 1 heterocycles. The summed E-state index contributed by atoms with van der Waals surface area (Å²) in [6.45, 7) is 2.59. The summed E-state index contributed by atoms with van der Waals surface area (Å²) in [7, 11) is 3.48. The van der Waals surface area contributed by atoms with Gasteiger partial charge in [0.1, 0.15) is 11.6 Å². The van der Waals surface area contributed by atoms with Crippen molar-refractivity contribution in [2.24, 2.45) is 0 Å². The number of benzene rings is 1. The Bertz CT molecular complexity index is 558. The molecule has 0 aliphatic rings. The average molecular weight is 259 g/mol. The molecule has 0 radical (unpaired) electrons. The van der Waals surface area contributed by atoms with Crippen LogP contribution in [0.1, 0.15) is 11.4 Å². The molecule has 0 aliphatic heterocycles. The number of aryl methyl sites for hydroxylation is 1. The highest BCUT2D eigenvalue weighted by atomic mass is 16.5. The highest BCUT2D eigenvalue weighted by molar-refractivity contribution is 5.32. The Kier molecular flexibility index (Phi) is 4.30. The van der Waals surface area contributed by atoms with Crippen molar-refractivity contribution >= 4 is 0 Å². The normalized spacial score (nSPS) is 10.3. The van der Waals surface area contributed by atoms with Crippen LogP contribution in [0.2, 0.25) is 0 Å². The first-order valence-corrected chi connectivity index (χ1v) is 6.02. The van der Waals surface area contributed by atoms with E-state index in [4.69, 9.17) is 9.47 Å². The molecule has 5 nitrogen and oxygen atoms in total. The minimum absolute atomic E-state index is 0.478. The van der Waals surface area contributed by atoms with Gasteiger partial charge in [0, 0.05) is 6.54 Å². The average Bonchev–Trinajstić information content (AvgIpc) is 2.39. The second-order valence-corrected chi connectivity index (χ2v) is 4.08. The molecule has 0 saturated heterocycles. The molecule has 0 unspecified atom stereocenters. The van der Waals surface area contributed by atoms with Crippen molar-refractivity contribution in [3.8, 4) is 17.5 Å². The highest BCUT2D eigenvalue weighted by Crippen LogP contribution is 2.23. The number of rotatable bonds is 5. The molecule has 1 N–H and O–H groups in total. The van der Waals surface area contributed by atoms with Crippen LogP contribution in [-0.4, -0.2) is 24.1 Å². The quantitative estimate of drug-likeness (QED) is 0.893. The molecule has 1 aromatic carbocycles. The molecule has 1 aromatic heterocycles. The molecular weight excluding hydrogens is 242 g/mol. The molecule has 2 aromatic rings. The fourth-order valence-corrected chi connectivity index (χ4v) is 1.71. The minimum atomic E-state index is 0.478. The van der Waals surface area contributed by atoms with Crippen molar-refractivity contribution in [1.82, 2.24) is 15.3 Å². The SMILES string of the molecule is CNCc1cccc(Oc2cc(OC)nc(C)n2)c1. The molecular formula is C14H17N3O2. The Balaban J connectivity index is 2.20. The molecule has 19 heavy (non-hydrogen) atoms. The Morgan fingerprint density at radius 3 is 2.68 bits per heavy atom. The number of nitrogens with one attached hydrogen (secondary N) is 1. The summed E-state index contributed by atoms with van der Waals surface area (Å²) in [5.41, 5.74) is 1.15. The van der Waals surface area contributed by atoms with Gasteiger partial charge in [0.2, 0.25) is 11.8 Å². The van der Waals surface area contributed by atoms with Crippen molar-refractivity contribution in [3.05, 3.63) is 41.7 Å². The van der Waals surface area contributed by atoms with Gasteiger partial charge in [-0.3, -0.25) is 0 Å². The zero-order valence-electron chi connectivity index (χ0n) is 11.3. The van der Waals surface area contributed by atoms with Crippen molar-refractivity contribution in [2.45, 2.75) is 13.5 Å². The van der Waals surface area contributed by atoms with Crippen LogP contribution in [0.15, 0.2) is 30.3 Å². The standard InChI is InChI=1S/C14H17N3O2/c1-10-16-13(18-3)8-14(17-10)19-12-6-4-5-11(7-12)9-15-2/h4-8,15H,9H2,1-3H3. The van der Waals surface area contributed by atoms with E-state index >= 15 is 0 Å². The molecule has 0 fully saturated rings. The first kappa shape index (κ1) is 13.3. The smallest absolute Gasteiger partial charge is 0.226 e. The van der Waals surface area contributed by atoms with Gasteiger partial charge in [-0.15, -0.1) is 0 Å². The maximum absolute atomic E-state index is 5.73. The van der Waals surface area contributed by atoms with Gasteiger partial charge in [-0.2, -0.15) is 9.97 Å². The van der Waals surface area contributed by atoms with Gasteiger partial charge in [-0.1, -0.05) is 12.1 Å². The van der Waals surface area contributed by atoms with Gasteiger partial charge in [-0.05, 0) is 31.7 Å². The third-order valence-electron chi connectivity index (χ3n) is 2.50. The maximum atomic E-state index is 5.73. The molecule has 0 saturated carbocycles. The molecule has 0 aliphatic carbocycles. The molecule has 0 amide bonds. The number of aromatic nitrogens is 2. The Morgan fingerprint density at radius 2 is 1.95 bits per heavy atom. The van der Waals surface area contributed by atoms with Crippen LogP contribution in [0.25, 0.3) is 0 Å². The van der Waals surface area contributed by atoms with E-state index in [-0.39, 0.29) is 0 Å². The highest BCUT2D eigenvalue weighted by Gasteiger charge is 2.05. The third kappa shape index (κ3) is 3.66. The molecule has 0 bridgehead atoms. The van der Waals surface area contributed by atoms with E-state index in [9.17, 15) is 0 Å². The van der Waals surface area contributed by atoms with Gasteiger partial charge >= 0.3 is 0 Å². The predicted molar refractivity (Wildman–Crippen MR) is 72.6 cm³/mol. The first-order valence-electron chi connectivity index (χ1n) is 6.02. The second kappa shape index (κ2) is 6.15. The molecule has 0 spiro atoms. The molecule has 0 atom stereocenters. The van der Waals surface area contributed by atoms with Crippen molar-refractivity contribution in [1.29, 1.82) is 0 Å². The van der Waals surface area contributed by atoms with Crippen LogP contribution in [0.4, 0.5) is 0 Å². The first-order chi connectivity index (χ1) is 9.21. The van der Waals surface area contributed by atoms with E-state index in [1.165, 1.54) is 0 Å². The van der Waals surface area contributed by atoms with Crippen LogP contribution < -0.4 is 14.8 Å². The van der Waals surface area contributed by atoms with Gasteiger partial charge in [0.15, 0.2) is 0 Å². The number of hydrogen-bond donors (Lipinski definition) is 1. The van der Waals surface area contributed by atoms with Gasteiger partial charge in [-0.25, -0.2) is 0 Å². The largest absolute Gasteiger partial charge is 0.481 e. The van der Waals surface area contributed by atoms with Crippen molar-refractivity contribution in [3.63, 3.8) is 0 Å². The summed E-state index contributed by atoms with van der Waals surface area (Å²) in [5.74, 6) is 2.33. The second-order valence-electron chi connectivity index (χ2n) is 4.08. The van der Waals surface area contributed by atoms with Gasteiger partial charge < -0.3 is 14.8 Å². The van der Waals surface area contributed by atoms with Gasteiger partial charge in [0.25, 0.3) is 0 Å². The lowest BCUT2D eigenvalue weighted by atomic mass is 10.2. The lowest BCUT2D eigenvalue weighted by molar-refractivity contribution is 0.386. The summed E-state index contributed by atoms with van der Waals surface area (Å²) in [4.78, 5) is 8.34. The topological polar surface area (TPSA) is 56.3 Å². The number of hydrogen-bond acceptors (Lipinski definition) is 5. The molecule has 2 rings (SSSR count). The lowest BCUT2D eigenvalue weighted by Gasteiger charge is -2.08. The maximum Gasteiger partial charge on any atom is 0.226 e. The van der Waals surface area contributed by atoms with E-state index in [1.807, 2.05) is 31.3 Å². The van der Waals surface area contributed by atoms with Gasteiger partial charge in [0.05, 0.1) is 13.2 Å². The van der Waals surface area contributed by atoms with Crippen LogP contribution >= 0.6 is 0 Å². The van der Waals surface area contributed by atoms with E-state index < -0.39 is 0 Å². The van der Waals surface area contributed by atoms with Crippen LogP contribution in [-0.2, 0) is 6.54 Å². The van der Waals surface area contributed by atoms with E-state index in [0.29, 0.717) is 17.6 Å². The summed E-state index contributed by atoms with van der Waals surface area (Å²) < 4.78 is 10.8. The summed E-state index contributed by atoms with van der Waals surface area (Å²) in [6.07, 6.45) is 0. The molecule has 100 valence electrons. The Labute approximate surface area is 112 Å². The Hall–Kier alpha value is -2.14. The number of nitrogens with zero attached hydrogens (tertiary/aromatic N) is 2.